The number of hydrogen-bond acceptors (Lipinski definition) is 13. The maximum atomic E-state index is 13.3. The van der Waals surface area contributed by atoms with Crippen LogP contribution in [0.15, 0.2) is 0 Å². The summed E-state index contributed by atoms with van der Waals surface area (Å²) < 4.78 is 22.1. The Balaban J connectivity index is 1.85. The topological polar surface area (TPSA) is 254 Å². The monoisotopic (exact) mass is 931 g/mol. The van der Waals surface area contributed by atoms with Crippen molar-refractivity contribution >= 4 is 23.6 Å². The summed E-state index contributed by atoms with van der Waals surface area (Å²) in [6, 6.07) is -0.956. The van der Waals surface area contributed by atoms with Crippen molar-refractivity contribution in [2.75, 3.05) is 33.4 Å². The van der Waals surface area contributed by atoms with Gasteiger partial charge in [-0.2, -0.15) is 0 Å². The van der Waals surface area contributed by atoms with E-state index in [2.05, 4.69) is 35.1 Å². The van der Waals surface area contributed by atoms with E-state index in [0.717, 1.165) is 38.5 Å². The number of hydrogen-bond donors (Lipinski definition) is 9. The lowest BCUT2D eigenvalue weighted by atomic mass is 9.90. The van der Waals surface area contributed by atoms with Gasteiger partial charge in [0.1, 0.15) is 36.6 Å². The highest BCUT2D eigenvalue weighted by molar-refractivity contribution is 5.89. The smallest absolute Gasteiger partial charge is 0.242 e. The van der Waals surface area contributed by atoms with E-state index in [1.807, 2.05) is 0 Å². The van der Waals surface area contributed by atoms with Gasteiger partial charge >= 0.3 is 0 Å². The van der Waals surface area contributed by atoms with Gasteiger partial charge in [0.05, 0.1) is 18.8 Å². The van der Waals surface area contributed by atoms with Gasteiger partial charge in [0.15, 0.2) is 12.6 Å². The van der Waals surface area contributed by atoms with Crippen LogP contribution in [-0.4, -0.2) is 144 Å². The third kappa shape index (κ3) is 23.9. The van der Waals surface area contributed by atoms with E-state index in [1.54, 1.807) is 6.92 Å². The summed E-state index contributed by atoms with van der Waals surface area (Å²) in [4.78, 5) is 52.2. The number of rotatable bonds is 37. The van der Waals surface area contributed by atoms with Crippen molar-refractivity contribution in [2.45, 2.75) is 243 Å². The molecule has 2 rings (SSSR count). The highest BCUT2D eigenvalue weighted by Crippen LogP contribution is 2.31. The first kappa shape index (κ1) is 58.6. The standard InChI is InChI=1S/C48H90N4O13/c1-5-7-9-11-13-15-17-19-21-23-25-31-50-46(61)35(26-27-38(54)49-30-24-22-20-18-16-14-12-10-8-6-2)52-40(56)29-28-39(55)51-32-36-34(3)41(57)43(59)48(63-36)65-45-37(33-53)64-47(62-4)44(60)42(45)58/h34-37,41-45,47-48,53,57-60H,5-33H2,1-4H3,(H,49,54)(H,50,61)(H,51,55)(H,52,56)/t34-,35-,36?,37?,41-,42+,43?,44?,45-,47+,48-/m0/s1. The summed E-state index contributed by atoms with van der Waals surface area (Å²) in [5.74, 6) is -2.28. The van der Waals surface area contributed by atoms with Crippen molar-refractivity contribution in [3.05, 3.63) is 0 Å². The number of ether oxygens (including phenoxy) is 4. The van der Waals surface area contributed by atoms with Crippen molar-refractivity contribution in [2.24, 2.45) is 5.92 Å². The Morgan fingerprint density at radius 3 is 1.54 bits per heavy atom. The molecule has 0 radical (unpaired) electrons. The van der Waals surface area contributed by atoms with Gasteiger partial charge in [-0.25, -0.2) is 0 Å². The zero-order valence-electron chi connectivity index (χ0n) is 40.4. The predicted octanol–water partition coefficient (Wildman–Crippen LogP) is 4.17. The van der Waals surface area contributed by atoms with Crippen molar-refractivity contribution in [1.29, 1.82) is 0 Å². The van der Waals surface area contributed by atoms with E-state index in [1.165, 1.54) is 103 Å². The first-order valence-corrected chi connectivity index (χ1v) is 25.3. The van der Waals surface area contributed by atoms with Crippen LogP contribution in [-0.2, 0) is 38.1 Å². The van der Waals surface area contributed by atoms with Crippen LogP contribution in [0.1, 0.15) is 181 Å². The summed E-state index contributed by atoms with van der Waals surface area (Å²) in [6.07, 6.45) is 12.4. The molecule has 65 heavy (non-hydrogen) atoms. The van der Waals surface area contributed by atoms with Gasteiger partial charge in [0.25, 0.3) is 0 Å². The van der Waals surface area contributed by atoms with Gasteiger partial charge in [-0.05, 0) is 19.3 Å². The SMILES string of the molecule is CCCCCCCCCCCCCNC(=O)[C@H](CCC(=O)NCCCCCCCCCCCC)NC(=O)CCC(=O)NCC1O[C@@H](O[C@H]2C(CO)O[C@@H](OC)C(O)[C@H]2O)C(O)[C@@H](O)[C@H]1C. The second kappa shape index (κ2) is 35.6. The zero-order chi connectivity index (χ0) is 47.8. The van der Waals surface area contributed by atoms with E-state index in [0.29, 0.717) is 13.1 Å². The number of amides is 4. The van der Waals surface area contributed by atoms with Gasteiger partial charge < -0.3 is 65.7 Å². The molecule has 11 atom stereocenters. The fourth-order valence-electron chi connectivity index (χ4n) is 8.38. The highest BCUT2D eigenvalue weighted by Gasteiger charge is 2.50. The summed E-state index contributed by atoms with van der Waals surface area (Å²) in [6.45, 7) is 6.32. The van der Waals surface area contributed by atoms with Crippen LogP contribution in [0, 0.1) is 5.92 Å². The Morgan fingerprint density at radius 2 is 1.02 bits per heavy atom. The molecule has 17 nitrogen and oxygen atoms in total. The molecule has 2 heterocycles. The van der Waals surface area contributed by atoms with Crippen LogP contribution in [0.4, 0.5) is 0 Å². The Hall–Kier alpha value is -2.48. The highest BCUT2D eigenvalue weighted by atomic mass is 16.7. The lowest BCUT2D eigenvalue weighted by Crippen LogP contribution is -2.63. The van der Waals surface area contributed by atoms with Gasteiger partial charge in [0.2, 0.25) is 23.6 Å². The number of carbonyl (C=O) groups excluding carboxylic acids is 4. The first-order chi connectivity index (χ1) is 31.4. The summed E-state index contributed by atoms with van der Waals surface area (Å²) in [7, 11) is 1.26. The van der Waals surface area contributed by atoms with Crippen LogP contribution in [0.25, 0.3) is 0 Å². The van der Waals surface area contributed by atoms with Crippen molar-refractivity contribution in [1.82, 2.24) is 21.3 Å². The molecule has 0 aromatic carbocycles. The minimum atomic E-state index is -1.60. The molecule has 4 amide bonds. The number of carbonyl (C=O) groups is 4. The Kier molecular flexibility index (Phi) is 32.1. The summed E-state index contributed by atoms with van der Waals surface area (Å²) in [5, 5.41) is 63.8. The second-order valence-electron chi connectivity index (χ2n) is 18.2. The van der Waals surface area contributed by atoms with E-state index >= 15 is 0 Å². The van der Waals surface area contributed by atoms with E-state index in [-0.39, 0.29) is 44.0 Å². The molecule has 0 spiro atoms. The van der Waals surface area contributed by atoms with Crippen LogP contribution in [0.3, 0.4) is 0 Å². The molecule has 4 unspecified atom stereocenters. The quantitative estimate of drug-likeness (QED) is 0.0398. The largest absolute Gasteiger partial charge is 0.394 e. The average Bonchev–Trinajstić information content (AvgIpc) is 3.30. The van der Waals surface area contributed by atoms with Crippen molar-refractivity contribution < 1.29 is 63.7 Å². The molecule has 2 aliphatic rings. The Labute approximate surface area is 389 Å². The maximum Gasteiger partial charge on any atom is 0.242 e. The lowest BCUT2D eigenvalue weighted by molar-refractivity contribution is -0.351. The third-order valence-electron chi connectivity index (χ3n) is 12.7. The van der Waals surface area contributed by atoms with Gasteiger partial charge in [0, 0.05) is 51.9 Å². The van der Waals surface area contributed by atoms with Gasteiger partial charge in [-0.1, -0.05) is 143 Å². The molecular formula is C48H90N4O13. The second-order valence-corrected chi connectivity index (χ2v) is 18.2. The molecule has 380 valence electrons. The molecule has 9 N–H and O–H groups in total. The molecule has 0 aromatic heterocycles. The molecule has 0 bridgehead atoms. The fourth-order valence-corrected chi connectivity index (χ4v) is 8.38. The normalized spacial score (nSPS) is 26.0. The van der Waals surface area contributed by atoms with E-state index < -0.39 is 85.7 Å². The van der Waals surface area contributed by atoms with Crippen LogP contribution in [0.5, 0.6) is 0 Å². The summed E-state index contributed by atoms with van der Waals surface area (Å²) in [5.41, 5.74) is 0. The van der Waals surface area contributed by atoms with Gasteiger partial charge in [-0.3, -0.25) is 19.2 Å². The predicted molar refractivity (Wildman–Crippen MR) is 247 cm³/mol. The van der Waals surface area contributed by atoms with E-state index in [9.17, 15) is 44.7 Å². The van der Waals surface area contributed by atoms with Crippen molar-refractivity contribution in [3.63, 3.8) is 0 Å². The molecule has 0 aliphatic carbocycles. The Bertz CT molecular complexity index is 1280. The zero-order valence-corrected chi connectivity index (χ0v) is 40.4. The summed E-state index contributed by atoms with van der Waals surface area (Å²) >= 11 is 0. The van der Waals surface area contributed by atoms with E-state index in [4.69, 9.17) is 18.9 Å². The molecule has 2 aliphatic heterocycles. The van der Waals surface area contributed by atoms with Crippen molar-refractivity contribution in [3.8, 4) is 0 Å². The molecular weight excluding hydrogens is 841 g/mol. The van der Waals surface area contributed by atoms with Crippen LogP contribution >= 0.6 is 0 Å². The average molecular weight is 931 g/mol. The lowest BCUT2D eigenvalue weighted by Gasteiger charge is -2.46. The number of aliphatic hydroxyl groups excluding tert-OH is 5. The Morgan fingerprint density at radius 1 is 0.554 bits per heavy atom. The first-order valence-electron chi connectivity index (χ1n) is 25.3. The van der Waals surface area contributed by atoms with Crippen LogP contribution < -0.4 is 21.3 Å². The molecule has 17 heteroatoms. The minimum absolute atomic E-state index is 0.0571. The molecule has 2 fully saturated rings. The molecule has 0 aromatic rings. The number of unbranched alkanes of at least 4 members (excludes halogenated alkanes) is 19. The molecule has 2 saturated heterocycles. The third-order valence-corrected chi connectivity index (χ3v) is 12.7. The number of methoxy groups -OCH3 is 1. The maximum absolute atomic E-state index is 13.3. The number of aliphatic hydroxyl groups is 5. The molecule has 0 saturated carbocycles. The fraction of sp³-hybridized carbons (Fsp3) is 0.917. The van der Waals surface area contributed by atoms with Gasteiger partial charge in [-0.15, -0.1) is 0 Å². The minimum Gasteiger partial charge on any atom is -0.394 e. The van der Waals surface area contributed by atoms with Crippen LogP contribution in [0.2, 0.25) is 0 Å². The number of nitrogens with one attached hydrogen (secondary N) is 4.